The van der Waals surface area contributed by atoms with Crippen LogP contribution in [0.15, 0.2) is 24.3 Å². The predicted molar refractivity (Wildman–Crippen MR) is 116 cm³/mol. The molecule has 0 bridgehead atoms. The third-order valence-corrected chi connectivity index (χ3v) is 7.03. The van der Waals surface area contributed by atoms with Gasteiger partial charge in [0.2, 0.25) is 11.8 Å². The summed E-state index contributed by atoms with van der Waals surface area (Å²) < 4.78 is 0. The molecule has 2 aliphatic heterocycles. The number of urea groups is 1. The second-order valence-corrected chi connectivity index (χ2v) is 9.15. The number of fused-ring (bicyclic) bond motifs is 1. The second-order valence-electron chi connectivity index (χ2n) is 7.20. The quantitative estimate of drug-likeness (QED) is 0.571. The van der Waals surface area contributed by atoms with Gasteiger partial charge in [0.15, 0.2) is 0 Å². The summed E-state index contributed by atoms with van der Waals surface area (Å²) in [5.74, 6) is -0.971. The number of rotatable bonds is 5. The van der Waals surface area contributed by atoms with Crippen LogP contribution in [0.5, 0.6) is 0 Å². The lowest BCUT2D eigenvalue weighted by Gasteiger charge is -2.29. The molecule has 1 aromatic carbocycles. The third-order valence-electron chi connectivity index (χ3n) is 5.15. The van der Waals surface area contributed by atoms with E-state index < -0.39 is 11.9 Å². The molecule has 1 unspecified atom stereocenters. The van der Waals surface area contributed by atoms with Crippen molar-refractivity contribution >= 4 is 58.3 Å². The smallest absolute Gasteiger partial charge is 0.315 e. The third kappa shape index (κ3) is 4.53. The van der Waals surface area contributed by atoms with Crippen LogP contribution in [-0.4, -0.2) is 34.7 Å². The zero-order chi connectivity index (χ0) is 22.1. The molecule has 5 amide bonds. The van der Waals surface area contributed by atoms with Crippen LogP contribution >= 0.6 is 34.5 Å². The summed E-state index contributed by atoms with van der Waals surface area (Å²) in [4.78, 5) is 51.1. The molecule has 11 heteroatoms. The molecule has 31 heavy (non-hydrogen) atoms. The number of carbonyl (C=O) groups is 4. The van der Waals surface area contributed by atoms with E-state index in [4.69, 9.17) is 23.2 Å². The molecule has 4 rings (SSSR count). The van der Waals surface area contributed by atoms with E-state index >= 15 is 0 Å². The first-order valence-corrected chi connectivity index (χ1v) is 11.1. The van der Waals surface area contributed by atoms with Crippen molar-refractivity contribution in [2.24, 2.45) is 0 Å². The number of nitrogens with one attached hydrogen (secondary N) is 3. The van der Waals surface area contributed by atoms with Crippen LogP contribution in [0.1, 0.15) is 38.5 Å². The minimum Gasteiger partial charge on any atom is -0.334 e. The molecule has 0 saturated carbocycles. The van der Waals surface area contributed by atoms with Gasteiger partial charge in [0.1, 0.15) is 6.04 Å². The van der Waals surface area contributed by atoms with Crippen molar-refractivity contribution in [1.29, 1.82) is 0 Å². The van der Waals surface area contributed by atoms with Gasteiger partial charge in [0.25, 0.3) is 5.91 Å². The van der Waals surface area contributed by atoms with Crippen molar-refractivity contribution in [2.75, 3.05) is 0 Å². The molecule has 3 heterocycles. The number of hydrogen-bond acceptors (Lipinski definition) is 5. The van der Waals surface area contributed by atoms with Crippen molar-refractivity contribution < 1.29 is 19.2 Å². The molecule has 2 aliphatic rings. The molecule has 1 fully saturated rings. The number of piperidine rings is 1. The number of nitrogens with zero attached hydrogens (tertiary/aromatic N) is 1. The van der Waals surface area contributed by atoms with Gasteiger partial charge in [-0.2, -0.15) is 0 Å². The highest BCUT2D eigenvalue weighted by atomic mass is 35.5. The SMILES string of the molecule is O=C1CCC(N2Cc3cc(CNC(=O)NCc4c(Cl)cccc4Cl)sc3C2=O)C(=O)N1. The standard InChI is InChI=1S/C20H18Cl2N4O4S/c21-13-2-1-3-14(22)12(13)8-24-20(30)23-7-11-6-10-9-26(19(29)17(10)31-11)15-4-5-16(27)25-18(15)28/h1-3,6,15H,4-5,7-9H2,(H2,23,24,30)(H,25,27,28). The molecule has 1 saturated heterocycles. The maximum atomic E-state index is 12.7. The van der Waals surface area contributed by atoms with Gasteiger partial charge in [0.05, 0.1) is 11.4 Å². The van der Waals surface area contributed by atoms with Gasteiger partial charge >= 0.3 is 6.03 Å². The van der Waals surface area contributed by atoms with E-state index in [1.807, 2.05) is 6.07 Å². The minimum atomic E-state index is -0.631. The van der Waals surface area contributed by atoms with Gasteiger partial charge < -0.3 is 15.5 Å². The van der Waals surface area contributed by atoms with Crippen LogP contribution < -0.4 is 16.0 Å². The predicted octanol–water partition coefficient (Wildman–Crippen LogP) is 2.82. The van der Waals surface area contributed by atoms with Crippen LogP contribution in [0, 0.1) is 0 Å². The van der Waals surface area contributed by atoms with Crippen molar-refractivity contribution in [1.82, 2.24) is 20.9 Å². The largest absolute Gasteiger partial charge is 0.334 e. The van der Waals surface area contributed by atoms with Crippen LogP contribution in [0.25, 0.3) is 0 Å². The normalized spacial score (nSPS) is 18.1. The molecule has 1 aromatic heterocycles. The Morgan fingerprint density at radius 2 is 1.87 bits per heavy atom. The Hall–Kier alpha value is -2.62. The molecule has 0 radical (unpaired) electrons. The fourth-order valence-electron chi connectivity index (χ4n) is 3.59. The van der Waals surface area contributed by atoms with Gasteiger partial charge in [-0.1, -0.05) is 29.3 Å². The van der Waals surface area contributed by atoms with Gasteiger partial charge in [-0.15, -0.1) is 11.3 Å². The summed E-state index contributed by atoms with van der Waals surface area (Å²) in [7, 11) is 0. The summed E-state index contributed by atoms with van der Waals surface area (Å²) in [6.45, 7) is 0.754. The number of carbonyl (C=O) groups excluding carboxylic acids is 4. The average molecular weight is 481 g/mol. The van der Waals surface area contributed by atoms with Crippen LogP contribution in [-0.2, 0) is 29.2 Å². The minimum absolute atomic E-state index is 0.185. The van der Waals surface area contributed by atoms with Gasteiger partial charge in [0, 0.05) is 40.0 Å². The van der Waals surface area contributed by atoms with E-state index in [1.165, 1.54) is 16.2 Å². The Kier molecular flexibility index (Phi) is 6.17. The van der Waals surface area contributed by atoms with Crippen molar-refractivity contribution in [3.8, 4) is 0 Å². The summed E-state index contributed by atoms with van der Waals surface area (Å²) in [6, 6.07) is 5.96. The lowest BCUT2D eigenvalue weighted by molar-refractivity contribution is -0.136. The van der Waals surface area contributed by atoms with Crippen LogP contribution in [0.3, 0.4) is 0 Å². The van der Waals surface area contributed by atoms with E-state index in [0.29, 0.717) is 33.5 Å². The fraction of sp³-hybridized carbons (Fsp3) is 0.300. The van der Waals surface area contributed by atoms with Crippen molar-refractivity contribution in [3.63, 3.8) is 0 Å². The molecule has 1 atom stereocenters. The van der Waals surface area contributed by atoms with E-state index in [9.17, 15) is 19.2 Å². The maximum absolute atomic E-state index is 12.7. The highest BCUT2D eigenvalue weighted by molar-refractivity contribution is 7.14. The fourth-order valence-corrected chi connectivity index (χ4v) is 5.19. The summed E-state index contributed by atoms with van der Waals surface area (Å²) in [5, 5.41) is 8.68. The first-order chi connectivity index (χ1) is 14.8. The topological polar surface area (TPSA) is 108 Å². The van der Waals surface area contributed by atoms with Gasteiger partial charge in [-0.05, 0) is 30.2 Å². The second kappa shape index (κ2) is 8.86. The monoisotopic (exact) mass is 480 g/mol. The van der Waals surface area contributed by atoms with Crippen molar-refractivity contribution in [2.45, 2.75) is 38.5 Å². The molecule has 162 valence electrons. The summed E-state index contributed by atoms with van der Waals surface area (Å²) >= 11 is 13.5. The van der Waals surface area contributed by atoms with Gasteiger partial charge in [-0.25, -0.2) is 4.79 Å². The molecule has 3 N–H and O–H groups in total. The van der Waals surface area contributed by atoms with E-state index in [2.05, 4.69) is 16.0 Å². The van der Waals surface area contributed by atoms with E-state index in [0.717, 1.165) is 10.4 Å². The maximum Gasteiger partial charge on any atom is 0.315 e. The Morgan fingerprint density at radius 3 is 2.55 bits per heavy atom. The molecular formula is C20H18Cl2N4O4S. The highest BCUT2D eigenvalue weighted by Crippen LogP contribution is 2.33. The summed E-state index contributed by atoms with van der Waals surface area (Å²) in [5.41, 5.74) is 1.45. The lowest BCUT2D eigenvalue weighted by atomic mass is 10.0. The van der Waals surface area contributed by atoms with Crippen molar-refractivity contribution in [3.05, 3.63) is 55.2 Å². The Balaban J connectivity index is 1.31. The molecule has 2 aromatic rings. The Morgan fingerprint density at radius 1 is 1.16 bits per heavy atom. The highest BCUT2D eigenvalue weighted by Gasteiger charge is 2.40. The Bertz CT molecular complexity index is 1070. The average Bonchev–Trinajstić information content (AvgIpc) is 3.25. The number of thiophene rings is 1. The number of benzene rings is 1. The zero-order valence-corrected chi connectivity index (χ0v) is 18.5. The van der Waals surface area contributed by atoms with Crippen LogP contribution in [0.2, 0.25) is 10.0 Å². The summed E-state index contributed by atoms with van der Waals surface area (Å²) in [6.07, 6.45) is 0.549. The van der Waals surface area contributed by atoms with Crippen LogP contribution in [0.4, 0.5) is 4.79 Å². The molecule has 8 nitrogen and oxygen atoms in total. The van der Waals surface area contributed by atoms with Gasteiger partial charge in [-0.3, -0.25) is 19.7 Å². The molecular weight excluding hydrogens is 463 g/mol. The Labute approximate surface area is 191 Å². The van der Waals surface area contributed by atoms with E-state index in [1.54, 1.807) is 18.2 Å². The number of hydrogen-bond donors (Lipinski definition) is 3. The number of halogens is 2. The number of amides is 5. The van der Waals surface area contributed by atoms with E-state index in [-0.39, 0.29) is 37.4 Å². The number of imide groups is 1. The molecule has 0 spiro atoms. The molecule has 0 aliphatic carbocycles. The first kappa shape index (κ1) is 21.6. The lowest BCUT2D eigenvalue weighted by Crippen LogP contribution is -2.52. The first-order valence-electron chi connectivity index (χ1n) is 9.54. The zero-order valence-electron chi connectivity index (χ0n) is 16.2.